The van der Waals surface area contributed by atoms with E-state index in [-0.39, 0.29) is 12.0 Å². The van der Waals surface area contributed by atoms with Crippen LogP contribution in [0.15, 0.2) is 18.3 Å². The van der Waals surface area contributed by atoms with Gasteiger partial charge in [0.2, 0.25) is 0 Å². The quantitative estimate of drug-likeness (QED) is 0.705. The maximum Gasteiger partial charge on any atom is 0.338 e. The molecule has 0 spiro atoms. The second-order valence-electron chi connectivity index (χ2n) is 4.27. The average molecular weight is 275 g/mol. The molecule has 0 saturated carbocycles. The summed E-state index contributed by atoms with van der Waals surface area (Å²) in [5.41, 5.74) is 1.08. The highest BCUT2D eigenvalue weighted by Crippen LogP contribution is 2.26. The number of aromatic amines is 1. The number of benzene rings is 1. The van der Waals surface area contributed by atoms with Gasteiger partial charge in [-0.15, -0.1) is 0 Å². The SMILES string of the molecule is COC(=O)c1cc(C(O)C(O)CC#N)cc2[nH]ncc12. The second kappa shape index (κ2) is 5.69. The minimum absolute atomic E-state index is 0.213. The van der Waals surface area contributed by atoms with Crippen LogP contribution in [0.25, 0.3) is 10.9 Å². The predicted molar refractivity (Wildman–Crippen MR) is 68.6 cm³/mol. The molecule has 0 aliphatic rings. The lowest BCUT2D eigenvalue weighted by atomic mass is 9.98. The molecule has 104 valence electrons. The zero-order valence-electron chi connectivity index (χ0n) is 10.7. The number of esters is 1. The summed E-state index contributed by atoms with van der Waals surface area (Å²) >= 11 is 0. The van der Waals surface area contributed by atoms with Gasteiger partial charge in [-0.1, -0.05) is 0 Å². The van der Waals surface area contributed by atoms with Crippen molar-refractivity contribution in [1.82, 2.24) is 10.2 Å². The molecule has 1 heterocycles. The number of nitrogens with zero attached hydrogens (tertiary/aromatic N) is 2. The molecule has 0 fully saturated rings. The van der Waals surface area contributed by atoms with Crippen LogP contribution in [0.5, 0.6) is 0 Å². The maximum absolute atomic E-state index is 11.7. The summed E-state index contributed by atoms with van der Waals surface area (Å²) in [6.45, 7) is 0. The Morgan fingerprint density at radius 3 is 2.95 bits per heavy atom. The summed E-state index contributed by atoms with van der Waals surface area (Å²) in [4.78, 5) is 11.7. The van der Waals surface area contributed by atoms with E-state index in [0.29, 0.717) is 16.5 Å². The zero-order valence-corrected chi connectivity index (χ0v) is 10.7. The van der Waals surface area contributed by atoms with E-state index >= 15 is 0 Å². The van der Waals surface area contributed by atoms with Crippen LogP contribution < -0.4 is 0 Å². The largest absolute Gasteiger partial charge is 0.465 e. The minimum Gasteiger partial charge on any atom is -0.465 e. The Bertz CT molecular complexity index is 674. The third-order valence-corrected chi connectivity index (χ3v) is 2.99. The van der Waals surface area contributed by atoms with Crippen molar-refractivity contribution < 1.29 is 19.7 Å². The molecule has 0 bridgehead atoms. The van der Waals surface area contributed by atoms with Gasteiger partial charge in [0.05, 0.1) is 43.0 Å². The molecule has 20 heavy (non-hydrogen) atoms. The summed E-state index contributed by atoms with van der Waals surface area (Å²) in [5, 5.41) is 35.3. The van der Waals surface area contributed by atoms with E-state index in [1.807, 2.05) is 0 Å². The Hall–Kier alpha value is -2.43. The molecule has 1 aromatic carbocycles. The Morgan fingerprint density at radius 1 is 1.55 bits per heavy atom. The van der Waals surface area contributed by atoms with E-state index in [0.717, 1.165) is 0 Å². The van der Waals surface area contributed by atoms with Crippen molar-refractivity contribution in [2.75, 3.05) is 7.11 Å². The highest BCUT2D eigenvalue weighted by atomic mass is 16.5. The average Bonchev–Trinajstić information content (AvgIpc) is 2.93. The van der Waals surface area contributed by atoms with Crippen LogP contribution >= 0.6 is 0 Å². The number of carbonyl (C=O) groups excluding carboxylic acids is 1. The first kappa shape index (κ1) is 14.0. The zero-order chi connectivity index (χ0) is 14.7. The van der Waals surface area contributed by atoms with E-state index in [9.17, 15) is 15.0 Å². The van der Waals surface area contributed by atoms with Crippen molar-refractivity contribution in [3.63, 3.8) is 0 Å². The second-order valence-corrected chi connectivity index (χ2v) is 4.27. The topological polar surface area (TPSA) is 119 Å². The fraction of sp³-hybridized carbons (Fsp3) is 0.308. The third kappa shape index (κ3) is 2.47. The maximum atomic E-state index is 11.7. The molecule has 0 aliphatic carbocycles. The molecule has 1 aromatic heterocycles. The van der Waals surface area contributed by atoms with Gasteiger partial charge in [-0.25, -0.2) is 4.79 Å². The van der Waals surface area contributed by atoms with Gasteiger partial charge in [-0.3, -0.25) is 5.10 Å². The molecule has 3 N–H and O–H groups in total. The molecule has 7 heteroatoms. The van der Waals surface area contributed by atoms with Gasteiger partial charge < -0.3 is 14.9 Å². The number of hydrogen-bond donors (Lipinski definition) is 3. The predicted octanol–water partition coefficient (Wildman–Crippen LogP) is 0.657. The van der Waals surface area contributed by atoms with Gasteiger partial charge in [0.1, 0.15) is 6.10 Å². The number of aromatic nitrogens is 2. The molecule has 2 rings (SSSR count). The van der Waals surface area contributed by atoms with Crippen LogP contribution in [-0.4, -0.2) is 39.6 Å². The first-order valence-corrected chi connectivity index (χ1v) is 5.87. The van der Waals surface area contributed by atoms with Gasteiger partial charge in [-0.2, -0.15) is 10.4 Å². The number of hydrogen-bond acceptors (Lipinski definition) is 6. The monoisotopic (exact) mass is 275 g/mol. The van der Waals surface area contributed by atoms with Crippen molar-refractivity contribution >= 4 is 16.9 Å². The summed E-state index contributed by atoms with van der Waals surface area (Å²) < 4.78 is 4.68. The summed E-state index contributed by atoms with van der Waals surface area (Å²) in [5.74, 6) is -0.569. The molecule has 0 amide bonds. The van der Waals surface area contributed by atoms with Crippen LogP contribution in [0.3, 0.4) is 0 Å². The molecule has 0 radical (unpaired) electrons. The fourth-order valence-electron chi connectivity index (χ4n) is 1.95. The van der Waals surface area contributed by atoms with Gasteiger partial charge in [0.15, 0.2) is 0 Å². The fourth-order valence-corrected chi connectivity index (χ4v) is 1.95. The van der Waals surface area contributed by atoms with Crippen molar-refractivity contribution in [2.45, 2.75) is 18.6 Å². The molecule has 2 atom stereocenters. The summed E-state index contributed by atoms with van der Waals surface area (Å²) in [6, 6.07) is 4.77. The lowest BCUT2D eigenvalue weighted by Crippen LogP contribution is -2.18. The molecule has 7 nitrogen and oxygen atoms in total. The minimum atomic E-state index is -1.27. The number of aliphatic hydroxyl groups excluding tert-OH is 2. The van der Waals surface area contributed by atoms with Crippen molar-refractivity contribution in [1.29, 1.82) is 5.26 Å². The van der Waals surface area contributed by atoms with Crippen molar-refractivity contribution in [3.8, 4) is 6.07 Å². The van der Waals surface area contributed by atoms with Crippen LogP contribution in [0.4, 0.5) is 0 Å². The normalized spacial score (nSPS) is 13.7. The third-order valence-electron chi connectivity index (χ3n) is 2.99. The highest BCUT2D eigenvalue weighted by molar-refractivity contribution is 6.03. The van der Waals surface area contributed by atoms with E-state index in [2.05, 4.69) is 14.9 Å². The molecule has 0 saturated heterocycles. The van der Waals surface area contributed by atoms with Crippen molar-refractivity contribution in [3.05, 3.63) is 29.5 Å². The molecular formula is C13H13N3O4. The van der Waals surface area contributed by atoms with E-state index in [1.165, 1.54) is 19.4 Å². The van der Waals surface area contributed by atoms with Gasteiger partial charge in [0.25, 0.3) is 0 Å². The molecule has 2 unspecified atom stereocenters. The lowest BCUT2D eigenvalue weighted by Gasteiger charge is -2.16. The molecular weight excluding hydrogens is 262 g/mol. The number of H-pyrrole nitrogens is 1. The van der Waals surface area contributed by atoms with E-state index < -0.39 is 18.2 Å². The smallest absolute Gasteiger partial charge is 0.338 e. The Kier molecular flexibility index (Phi) is 3.98. The van der Waals surface area contributed by atoms with Crippen LogP contribution in [0, 0.1) is 11.3 Å². The Morgan fingerprint density at radius 2 is 2.30 bits per heavy atom. The Balaban J connectivity index is 2.50. The van der Waals surface area contributed by atoms with Crippen LogP contribution in [0.2, 0.25) is 0 Å². The molecule has 2 aromatic rings. The van der Waals surface area contributed by atoms with Gasteiger partial charge in [-0.05, 0) is 17.7 Å². The van der Waals surface area contributed by atoms with Crippen LogP contribution in [-0.2, 0) is 4.74 Å². The van der Waals surface area contributed by atoms with Gasteiger partial charge in [0, 0.05) is 5.39 Å². The number of methoxy groups -OCH3 is 1. The highest BCUT2D eigenvalue weighted by Gasteiger charge is 2.22. The number of nitrogens with one attached hydrogen (secondary N) is 1. The van der Waals surface area contributed by atoms with E-state index in [4.69, 9.17) is 5.26 Å². The number of nitriles is 1. The number of ether oxygens (including phenoxy) is 1. The molecule has 0 aliphatic heterocycles. The van der Waals surface area contributed by atoms with Crippen molar-refractivity contribution in [2.24, 2.45) is 0 Å². The standard InChI is InChI=1S/C13H13N3O4/c1-20-13(19)8-4-7(12(18)11(17)2-3-14)5-10-9(8)6-15-16-10/h4-6,11-12,17-18H,2H2,1H3,(H,15,16). The number of rotatable bonds is 4. The van der Waals surface area contributed by atoms with Crippen LogP contribution in [0.1, 0.15) is 28.4 Å². The number of aliphatic hydroxyl groups is 2. The summed E-state index contributed by atoms with van der Waals surface area (Å²) in [7, 11) is 1.25. The lowest BCUT2D eigenvalue weighted by molar-refractivity contribution is 0.0216. The Labute approximate surface area is 114 Å². The first-order valence-electron chi connectivity index (χ1n) is 5.87. The number of carbonyl (C=O) groups is 1. The van der Waals surface area contributed by atoms with Gasteiger partial charge >= 0.3 is 5.97 Å². The number of fused-ring (bicyclic) bond motifs is 1. The van der Waals surface area contributed by atoms with E-state index in [1.54, 1.807) is 12.1 Å². The first-order chi connectivity index (χ1) is 9.58. The summed E-state index contributed by atoms with van der Waals surface area (Å²) in [6.07, 6.45) is -1.24.